The summed E-state index contributed by atoms with van der Waals surface area (Å²) in [5.74, 6) is -0.360. The molecule has 0 saturated carbocycles. The number of hydrogen-bond acceptors (Lipinski definition) is 3. The molecule has 0 rings (SSSR count). The first kappa shape index (κ1) is 11.4. The zero-order chi connectivity index (χ0) is 9.56. The molecule has 2 N–H and O–H groups in total. The first-order chi connectivity index (χ1) is 5.57. The van der Waals surface area contributed by atoms with Gasteiger partial charge < -0.3 is 5.11 Å². The summed E-state index contributed by atoms with van der Waals surface area (Å²) in [5, 5.41) is 16.6. The van der Waals surface area contributed by atoms with Crippen LogP contribution in [0, 0.1) is 11.8 Å². The molecule has 72 valence electrons. The summed E-state index contributed by atoms with van der Waals surface area (Å²) < 4.78 is 0. The van der Waals surface area contributed by atoms with Gasteiger partial charge in [-0.05, 0) is 18.3 Å². The van der Waals surface area contributed by atoms with Crippen LogP contribution in [0.4, 0.5) is 0 Å². The van der Waals surface area contributed by atoms with E-state index < -0.39 is 5.97 Å². The Morgan fingerprint density at radius 2 is 2.08 bits per heavy atom. The Labute approximate surface area is 72.1 Å². The van der Waals surface area contributed by atoms with Crippen molar-refractivity contribution in [3.63, 3.8) is 0 Å². The van der Waals surface area contributed by atoms with E-state index in [1.807, 2.05) is 13.8 Å². The lowest BCUT2D eigenvalue weighted by Gasteiger charge is -2.17. The summed E-state index contributed by atoms with van der Waals surface area (Å²) in [6.07, 6.45) is 0.680. The maximum Gasteiger partial charge on any atom is 0.303 e. The highest BCUT2D eigenvalue weighted by Gasteiger charge is 2.14. The van der Waals surface area contributed by atoms with Crippen LogP contribution < -0.4 is 0 Å². The van der Waals surface area contributed by atoms with Crippen LogP contribution in [-0.4, -0.2) is 22.9 Å². The van der Waals surface area contributed by atoms with E-state index in [4.69, 9.17) is 10.4 Å². The van der Waals surface area contributed by atoms with Crippen LogP contribution in [0.2, 0.25) is 0 Å². The fourth-order valence-electron chi connectivity index (χ4n) is 1.01. The van der Waals surface area contributed by atoms with Crippen LogP contribution in [-0.2, 0) is 9.68 Å². The third-order valence-corrected chi connectivity index (χ3v) is 1.96. The van der Waals surface area contributed by atoms with E-state index in [1.54, 1.807) is 0 Å². The van der Waals surface area contributed by atoms with Crippen molar-refractivity contribution in [1.82, 2.24) is 0 Å². The topological polar surface area (TPSA) is 66.8 Å². The Morgan fingerprint density at radius 3 is 2.42 bits per heavy atom. The van der Waals surface area contributed by atoms with E-state index in [1.165, 1.54) is 0 Å². The minimum absolute atomic E-state index is 0.117. The zero-order valence-electron chi connectivity index (χ0n) is 7.49. The molecule has 0 aromatic rings. The molecule has 0 aromatic carbocycles. The molecule has 4 heteroatoms. The van der Waals surface area contributed by atoms with Gasteiger partial charge in [-0.3, -0.25) is 10.1 Å². The quantitative estimate of drug-likeness (QED) is 0.476. The second-order valence-electron chi connectivity index (χ2n) is 3.23. The van der Waals surface area contributed by atoms with E-state index in [2.05, 4.69) is 4.89 Å². The molecule has 0 aliphatic heterocycles. The lowest BCUT2D eigenvalue weighted by molar-refractivity contribution is -0.253. The van der Waals surface area contributed by atoms with Crippen LogP contribution in [0.15, 0.2) is 0 Å². The molecule has 12 heavy (non-hydrogen) atoms. The smallest absolute Gasteiger partial charge is 0.303 e. The van der Waals surface area contributed by atoms with Gasteiger partial charge in [-0.15, -0.1) is 0 Å². The number of carbonyl (C=O) groups is 1. The van der Waals surface area contributed by atoms with Crippen LogP contribution in [0.25, 0.3) is 0 Å². The van der Waals surface area contributed by atoms with E-state index in [9.17, 15) is 4.79 Å². The Hall–Kier alpha value is -0.610. The SMILES string of the molecule is CC(C)[C@@H](CCC(=O)O)COO. The molecule has 0 bridgehead atoms. The van der Waals surface area contributed by atoms with Crippen LogP contribution >= 0.6 is 0 Å². The van der Waals surface area contributed by atoms with E-state index >= 15 is 0 Å². The number of aliphatic carboxylic acids is 1. The van der Waals surface area contributed by atoms with Gasteiger partial charge in [0.05, 0.1) is 6.61 Å². The van der Waals surface area contributed by atoms with Crippen molar-refractivity contribution in [2.75, 3.05) is 6.61 Å². The fourth-order valence-corrected chi connectivity index (χ4v) is 1.01. The molecule has 0 radical (unpaired) electrons. The predicted molar refractivity (Wildman–Crippen MR) is 43.8 cm³/mol. The summed E-state index contributed by atoms with van der Waals surface area (Å²) in [7, 11) is 0. The summed E-state index contributed by atoms with van der Waals surface area (Å²) >= 11 is 0. The van der Waals surface area contributed by atoms with Crippen LogP contribution in [0.3, 0.4) is 0 Å². The lowest BCUT2D eigenvalue weighted by Crippen LogP contribution is -2.16. The molecular formula is C8H16O4. The van der Waals surface area contributed by atoms with Crippen LogP contribution in [0.1, 0.15) is 26.7 Å². The molecule has 0 unspecified atom stereocenters. The van der Waals surface area contributed by atoms with Gasteiger partial charge in [0.1, 0.15) is 0 Å². The van der Waals surface area contributed by atoms with Gasteiger partial charge in [0.15, 0.2) is 0 Å². The van der Waals surface area contributed by atoms with Crippen molar-refractivity contribution in [3.8, 4) is 0 Å². The molecule has 0 fully saturated rings. The lowest BCUT2D eigenvalue weighted by atomic mass is 9.92. The molecule has 0 heterocycles. The Kier molecular flexibility index (Phi) is 5.66. The largest absolute Gasteiger partial charge is 0.481 e. The van der Waals surface area contributed by atoms with Crippen molar-refractivity contribution in [3.05, 3.63) is 0 Å². The number of carboxylic acid groups (broad SMARTS) is 1. The molecule has 0 amide bonds. The Bertz CT molecular complexity index is 133. The molecule has 0 spiro atoms. The highest BCUT2D eigenvalue weighted by atomic mass is 17.1. The van der Waals surface area contributed by atoms with Crippen molar-refractivity contribution in [1.29, 1.82) is 0 Å². The third kappa shape index (κ3) is 5.09. The maximum absolute atomic E-state index is 10.2. The van der Waals surface area contributed by atoms with Crippen LogP contribution in [0.5, 0.6) is 0 Å². The summed E-state index contributed by atoms with van der Waals surface area (Å²) in [4.78, 5) is 14.2. The predicted octanol–water partition coefficient (Wildman–Crippen LogP) is 1.61. The molecule has 0 aliphatic rings. The Balaban J connectivity index is 3.70. The van der Waals surface area contributed by atoms with E-state index in [-0.39, 0.29) is 18.9 Å². The van der Waals surface area contributed by atoms with E-state index in [0.717, 1.165) is 0 Å². The second kappa shape index (κ2) is 5.97. The normalized spacial score (nSPS) is 13.3. The minimum atomic E-state index is -0.807. The first-order valence-corrected chi connectivity index (χ1v) is 4.06. The summed E-state index contributed by atoms with van der Waals surface area (Å²) in [6, 6.07) is 0. The minimum Gasteiger partial charge on any atom is -0.481 e. The fraction of sp³-hybridized carbons (Fsp3) is 0.875. The number of hydrogen-bond donors (Lipinski definition) is 2. The molecule has 1 atom stereocenters. The van der Waals surface area contributed by atoms with Gasteiger partial charge in [-0.1, -0.05) is 13.8 Å². The highest BCUT2D eigenvalue weighted by molar-refractivity contribution is 5.66. The van der Waals surface area contributed by atoms with Gasteiger partial charge in [-0.25, -0.2) is 4.89 Å². The van der Waals surface area contributed by atoms with Gasteiger partial charge in [-0.2, -0.15) is 0 Å². The van der Waals surface area contributed by atoms with Crippen molar-refractivity contribution in [2.45, 2.75) is 26.7 Å². The van der Waals surface area contributed by atoms with Gasteiger partial charge in [0, 0.05) is 6.42 Å². The number of rotatable bonds is 6. The first-order valence-electron chi connectivity index (χ1n) is 4.06. The summed E-state index contributed by atoms with van der Waals surface area (Å²) in [5.41, 5.74) is 0. The van der Waals surface area contributed by atoms with Gasteiger partial charge in [0.25, 0.3) is 0 Å². The van der Waals surface area contributed by atoms with Crippen molar-refractivity contribution in [2.24, 2.45) is 11.8 Å². The van der Waals surface area contributed by atoms with E-state index in [0.29, 0.717) is 12.3 Å². The summed E-state index contributed by atoms with van der Waals surface area (Å²) in [6.45, 7) is 4.17. The second-order valence-corrected chi connectivity index (χ2v) is 3.23. The van der Waals surface area contributed by atoms with Gasteiger partial charge >= 0.3 is 5.97 Å². The van der Waals surface area contributed by atoms with Gasteiger partial charge in [0.2, 0.25) is 0 Å². The average Bonchev–Trinajstić information content (AvgIpc) is 1.96. The molecular weight excluding hydrogens is 160 g/mol. The average molecular weight is 176 g/mol. The molecule has 0 aromatic heterocycles. The van der Waals surface area contributed by atoms with Crippen molar-refractivity contribution >= 4 is 5.97 Å². The standard InChI is InChI=1S/C8H16O4/c1-6(2)7(5-12-11)3-4-8(9)10/h6-7,11H,3-5H2,1-2H3,(H,9,10)/t7-/m0/s1. The molecule has 4 nitrogen and oxygen atoms in total. The highest BCUT2D eigenvalue weighted by Crippen LogP contribution is 2.16. The van der Waals surface area contributed by atoms with Crippen molar-refractivity contribution < 1.29 is 20.0 Å². The monoisotopic (exact) mass is 176 g/mol. The number of carboxylic acids is 1. The zero-order valence-corrected chi connectivity index (χ0v) is 7.49. The molecule has 0 aliphatic carbocycles. The maximum atomic E-state index is 10.2. The third-order valence-electron chi connectivity index (χ3n) is 1.96. The Morgan fingerprint density at radius 1 is 1.50 bits per heavy atom. The molecule has 0 saturated heterocycles.